The number of nitrogens with one attached hydrogen (secondary N) is 1. The van der Waals surface area contributed by atoms with Gasteiger partial charge in [-0.1, -0.05) is 0 Å². The maximum Gasteiger partial charge on any atom is 0.252 e. The minimum Gasteiger partial charge on any atom is -0.390 e. The Labute approximate surface area is 166 Å². The van der Waals surface area contributed by atoms with Gasteiger partial charge in [0.2, 0.25) is 0 Å². The molecule has 3 atom stereocenters. The van der Waals surface area contributed by atoms with Crippen LogP contribution in [0.2, 0.25) is 0 Å². The van der Waals surface area contributed by atoms with Crippen molar-refractivity contribution < 1.29 is 19.0 Å². The van der Waals surface area contributed by atoms with Crippen LogP contribution in [0.4, 0.5) is 10.1 Å². The van der Waals surface area contributed by atoms with Crippen molar-refractivity contribution in [3.05, 3.63) is 30.1 Å². The van der Waals surface area contributed by atoms with Crippen molar-refractivity contribution in [3.63, 3.8) is 0 Å². The average molecular weight is 394 g/mol. The Balaban J connectivity index is 1.42. The van der Waals surface area contributed by atoms with E-state index in [9.17, 15) is 14.3 Å². The summed E-state index contributed by atoms with van der Waals surface area (Å²) in [7, 11) is 0. The number of halogens is 1. The summed E-state index contributed by atoms with van der Waals surface area (Å²) in [4.78, 5) is 16.9. The minimum atomic E-state index is -0.767. The molecule has 28 heavy (non-hydrogen) atoms. The zero-order valence-electron chi connectivity index (χ0n) is 16.8. The van der Waals surface area contributed by atoms with E-state index >= 15 is 0 Å². The fourth-order valence-corrected chi connectivity index (χ4v) is 3.90. The number of piperazine rings is 1. The standard InChI is InChI=1S/C21H32FN3O3/c1-15(2)23-21(27)20-19(26)8-7-18(28-20)9-10-24-11-13-25(14-12-24)17-5-3-16(22)4-6-17/h3-6,15,18-20,26H,7-14H2,1-2H3,(H,23,27)/t18-,19-,20+/m0/s1. The molecule has 2 aliphatic heterocycles. The summed E-state index contributed by atoms with van der Waals surface area (Å²) in [6.45, 7) is 8.43. The number of hydrogen-bond donors (Lipinski definition) is 2. The second-order valence-electron chi connectivity index (χ2n) is 8.08. The van der Waals surface area contributed by atoms with Crippen LogP contribution in [0.5, 0.6) is 0 Å². The van der Waals surface area contributed by atoms with Gasteiger partial charge in [0.25, 0.3) is 5.91 Å². The quantitative estimate of drug-likeness (QED) is 0.771. The van der Waals surface area contributed by atoms with Gasteiger partial charge in [-0.2, -0.15) is 0 Å². The first-order valence-electron chi connectivity index (χ1n) is 10.3. The zero-order valence-corrected chi connectivity index (χ0v) is 16.8. The number of benzene rings is 1. The molecule has 0 saturated carbocycles. The van der Waals surface area contributed by atoms with Gasteiger partial charge in [0.1, 0.15) is 5.82 Å². The first-order chi connectivity index (χ1) is 13.4. The lowest BCUT2D eigenvalue weighted by molar-refractivity contribution is -0.159. The van der Waals surface area contributed by atoms with Crippen LogP contribution in [0.25, 0.3) is 0 Å². The van der Waals surface area contributed by atoms with Crippen molar-refractivity contribution in [1.29, 1.82) is 0 Å². The van der Waals surface area contributed by atoms with Crippen LogP contribution in [-0.2, 0) is 9.53 Å². The fraction of sp³-hybridized carbons (Fsp3) is 0.667. The summed E-state index contributed by atoms with van der Waals surface area (Å²) >= 11 is 0. The van der Waals surface area contributed by atoms with Gasteiger partial charge in [0.15, 0.2) is 6.10 Å². The molecule has 2 saturated heterocycles. The number of carbonyl (C=O) groups excluding carboxylic acids is 1. The van der Waals surface area contributed by atoms with Gasteiger partial charge >= 0.3 is 0 Å². The Hall–Kier alpha value is -1.70. The number of rotatable bonds is 6. The topological polar surface area (TPSA) is 65.0 Å². The molecule has 0 bridgehead atoms. The van der Waals surface area contributed by atoms with Crippen LogP contribution in [-0.4, -0.2) is 73.0 Å². The van der Waals surface area contributed by atoms with E-state index < -0.39 is 12.2 Å². The molecule has 3 rings (SSSR count). The molecule has 0 aromatic heterocycles. The Morgan fingerprint density at radius 2 is 1.89 bits per heavy atom. The minimum absolute atomic E-state index is 0.00133. The third kappa shape index (κ3) is 5.65. The second kappa shape index (κ2) is 9.67. The summed E-state index contributed by atoms with van der Waals surface area (Å²) in [5, 5.41) is 12.9. The summed E-state index contributed by atoms with van der Waals surface area (Å²) in [5.41, 5.74) is 1.06. The van der Waals surface area contributed by atoms with E-state index in [1.165, 1.54) is 12.1 Å². The molecule has 156 valence electrons. The largest absolute Gasteiger partial charge is 0.390 e. The van der Waals surface area contributed by atoms with Crippen molar-refractivity contribution in [2.45, 2.75) is 57.5 Å². The van der Waals surface area contributed by atoms with Gasteiger partial charge in [0.05, 0.1) is 12.2 Å². The molecule has 1 aromatic rings. The lowest BCUT2D eigenvalue weighted by Gasteiger charge is -2.38. The summed E-state index contributed by atoms with van der Waals surface area (Å²) in [6, 6.07) is 6.69. The fourth-order valence-electron chi connectivity index (χ4n) is 3.90. The SMILES string of the molecule is CC(C)NC(=O)[C@@H]1O[C@H](CCN2CCN(c3ccc(F)cc3)CC2)CC[C@@H]1O. The number of carbonyl (C=O) groups is 1. The smallest absolute Gasteiger partial charge is 0.252 e. The molecule has 0 radical (unpaired) electrons. The lowest BCUT2D eigenvalue weighted by atomic mass is 9.98. The van der Waals surface area contributed by atoms with Crippen LogP contribution >= 0.6 is 0 Å². The van der Waals surface area contributed by atoms with Crippen LogP contribution in [0.15, 0.2) is 24.3 Å². The van der Waals surface area contributed by atoms with Crippen molar-refractivity contribution in [2.75, 3.05) is 37.6 Å². The molecule has 2 N–H and O–H groups in total. The number of nitrogens with zero attached hydrogens (tertiary/aromatic N) is 2. The number of aliphatic hydroxyl groups is 1. The molecular formula is C21H32FN3O3. The molecule has 2 aliphatic rings. The first kappa shape index (κ1) is 21.0. The molecule has 6 nitrogen and oxygen atoms in total. The second-order valence-corrected chi connectivity index (χ2v) is 8.08. The van der Waals surface area contributed by atoms with Gasteiger partial charge in [0, 0.05) is 44.5 Å². The van der Waals surface area contributed by atoms with E-state index in [1.54, 1.807) is 0 Å². The van der Waals surface area contributed by atoms with Gasteiger partial charge in [-0.3, -0.25) is 9.69 Å². The van der Waals surface area contributed by atoms with Crippen LogP contribution in [0.3, 0.4) is 0 Å². The van der Waals surface area contributed by atoms with E-state index in [2.05, 4.69) is 15.1 Å². The molecule has 2 fully saturated rings. The van der Waals surface area contributed by atoms with Crippen LogP contribution < -0.4 is 10.2 Å². The van der Waals surface area contributed by atoms with Crippen molar-refractivity contribution in [2.24, 2.45) is 0 Å². The highest BCUT2D eigenvalue weighted by Gasteiger charge is 2.35. The van der Waals surface area contributed by atoms with Crippen molar-refractivity contribution in [3.8, 4) is 0 Å². The van der Waals surface area contributed by atoms with Crippen LogP contribution in [0, 0.1) is 5.82 Å². The molecule has 0 aliphatic carbocycles. The summed E-state index contributed by atoms with van der Waals surface area (Å²) in [6.07, 6.45) is 0.739. The molecule has 0 spiro atoms. The zero-order chi connectivity index (χ0) is 20.1. The van der Waals surface area contributed by atoms with Gasteiger partial charge in [-0.05, 0) is 57.4 Å². The third-order valence-corrected chi connectivity index (χ3v) is 5.49. The number of anilines is 1. The van der Waals surface area contributed by atoms with Gasteiger partial charge in [-0.25, -0.2) is 4.39 Å². The highest BCUT2D eigenvalue weighted by atomic mass is 19.1. The Bertz CT molecular complexity index is 632. The lowest BCUT2D eigenvalue weighted by Crippen LogP contribution is -2.51. The van der Waals surface area contributed by atoms with E-state index in [0.29, 0.717) is 6.42 Å². The van der Waals surface area contributed by atoms with E-state index in [-0.39, 0.29) is 23.9 Å². The van der Waals surface area contributed by atoms with Crippen molar-refractivity contribution in [1.82, 2.24) is 10.2 Å². The van der Waals surface area contributed by atoms with E-state index in [1.807, 2.05) is 26.0 Å². The van der Waals surface area contributed by atoms with Gasteiger partial charge < -0.3 is 20.1 Å². The molecular weight excluding hydrogens is 361 g/mol. The predicted molar refractivity (Wildman–Crippen MR) is 107 cm³/mol. The van der Waals surface area contributed by atoms with Crippen LogP contribution in [0.1, 0.15) is 33.1 Å². The number of ether oxygens (including phenoxy) is 1. The highest BCUT2D eigenvalue weighted by molar-refractivity contribution is 5.81. The maximum atomic E-state index is 13.1. The predicted octanol–water partition coefficient (Wildman–Crippen LogP) is 1.77. The summed E-state index contributed by atoms with van der Waals surface area (Å²) < 4.78 is 19.0. The van der Waals surface area contributed by atoms with E-state index in [4.69, 9.17) is 4.74 Å². The monoisotopic (exact) mass is 393 g/mol. The molecule has 0 unspecified atom stereocenters. The number of amides is 1. The number of aliphatic hydroxyl groups excluding tert-OH is 1. The average Bonchev–Trinajstić information content (AvgIpc) is 2.68. The normalized spacial score (nSPS) is 26.5. The Kier molecular flexibility index (Phi) is 7.26. The molecule has 7 heteroatoms. The first-order valence-corrected chi connectivity index (χ1v) is 10.3. The highest BCUT2D eigenvalue weighted by Crippen LogP contribution is 2.23. The third-order valence-electron chi connectivity index (χ3n) is 5.49. The number of hydrogen-bond acceptors (Lipinski definition) is 5. The maximum absolute atomic E-state index is 13.1. The van der Waals surface area contributed by atoms with Gasteiger partial charge in [-0.15, -0.1) is 0 Å². The summed E-state index contributed by atoms with van der Waals surface area (Å²) in [5.74, 6) is -0.430. The molecule has 1 amide bonds. The molecule has 2 heterocycles. The Morgan fingerprint density at radius 3 is 2.54 bits per heavy atom. The van der Waals surface area contributed by atoms with E-state index in [0.717, 1.165) is 51.3 Å². The van der Waals surface area contributed by atoms with Crippen molar-refractivity contribution >= 4 is 11.6 Å². The Morgan fingerprint density at radius 1 is 1.21 bits per heavy atom. The molecule has 1 aromatic carbocycles.